The van der Waals surface area contributed by atoms with Gasteiger partial charge in [-0.05, 0) is 26.2 Å². The predicted octanol–water partition coefficient (Wildman–Crippen LogP) is 2.75. The van der Waals surface area contributed by atoms with E-state index >= 15 is 0 Å². The first kappa shape index (κ1) is 11.9. The van der Waals surface area contributed by atoms with Gasteiger partial charge in [-0.25, -0.2) is 0 Å². The Morgan fingerprint density at radius 1 is 1.50 bits per heavy atom. The fraction of sp³-hybridized carbons (Fsp3) is 0.889. The third-order valence-electron chi connectivity index (χ3n) is 1.41. The molecule has 0 atom stereocenters. The van der Waals surface area contributed by atoms with Gasteiger partial charge in [-0.1, -0.05) is 29.8 Å². The van der Waals surface area contributed by atoms with E-state index in [4.69, 9.17) is 4.74 Å². The van der Waals surface area contributed by atoms with Crippen molar-refractivity contribution in [3.63, 3.8) is 0 Å². The van der Waals surface area contributed by atoms with Gasteiger partial charge in [-0.15, -0.1) is 0 Å². The van der Waals surface area contributed by atoms with Crippen LogP contribution in [-0.4, -0.2) is 16.9 Å². The fourth-order valence-electron chi connectivity index (χ4n) is 0.559. The summed E-state index contributed by atoms with van der Waals surface area (Å²) in [4.78, 5) is 11.2. The van der Waals surface area contributed by atoms with Gasteiger partial charge in [-0.2, -0.15) is 0 Å². The van der Waals surface area contributed by atoms with Crippen LogP contribution >= 0.6 is 15.9 Å². The minimum absolute atomic E-state index is 0.192. The van der Waals surface area contributed by atoms with Gasteiger partial charge in [-0.3, -0.25) is 4.79 Å². The predicted molar refractivity (Wildman–Crippen MR) is 53.4 cm³/mol. The van der Waals surface area contributed by atoms with Crippen LogP contribution in [0.15, 0.2) is 0 Å². The van der Waals surface area contributed by atoms with Crippen LogP contribution < -0.4 is 0 Å². The van der Waals surface area contributed by atoms with Crippen molar-refractivity contribution < 1.29 is 9.53 Å². The summed E-state index contributed by atoms with van der Waals surface area (Å²) in [5.74, 6) is 0.388. The molecule has 0 aromatic rings. The Morgan fingerprint density at radius 2 is 2.00 bits per heavy atom. The van der Waals surface area contributed by atoms with E-state index in [1.807, 2.05) is 0 Å². The number of carbonyl (C=O) groups is 1. The molecule has 0 aromatic heterocycles. The number of hydrogen-bond donors (Lipinski definition) is 0. The van der Waals surface area contributed by atoms with Crippen molar-refractivity contribution in [3.8, 4) is 0 Å². The van der Waals surface area contributed by atoms with Gasteiger partial charge in [0, 0.05) is 0 Å². The molecule has 0 rings (SSSR count). The SMILES string of the molecule is CC(C)CCOC(=O)C(C)(C)Br. The van der Waals surface area contributed by atoms with E-state index in [-0.39, 0.29) is 5.97 Å². The summed E-state index contributed by atoms with van der Waals surface area (Å²) in [6.45, 7) is 8.29. The lowest BCUT2D eigenvalue weighted by atomic mass is 10.1. The van der Waals surface area contributed by atoms with Crippen molar-refractivity contribution in [2.24, 2.45) is 5.92 Å². The maximum atomic E-state index is 11.2. The minimum Gasteiger partial charge on any atom is -0.465 e. The average Bonchev–Trinajstić information content (AvgIpc) is 1.84. The highest BCUT2D eigenvalue weighted by atomic mass is 79.9. The summed E-state index contributed by atoms with van der Waals surface area (Å²) in [6, 6.07) is 0. The van der Waals surface area contributed by atoms with Crippen molar-refractivity contribution in [2.45, 2.75) is 38.4 Å². The maximum absolute atomic E-state index is 11.2. The molecule has 0 amide bonds. The number of ether oxygens (including phenoxy) is 1. The van der Waals surface area contributed by atoms with Gasteiger partial charge in [0.15, 0.2) is 0 Å². The number of hydrogen-bond acceptors (Lipinski definition) is 2. The zero-order chi connectivity index (χ0) is 9.78. The number of alkyl halides is 1. The molecule has 0 unspecified atom stereocenters. The van der Waals surface area contributed by atoms with Crippen molar-refractivity contribution in [3.05, 3.63) is 0 Å². The van der Waals surface area contributed by atoms with Gasteiger partial charge in [0.2, 0.25) is 0 Å². The van der Waals surface area contributed by atoms with Crippen LogP contribution in [0.3, 0.4) is 0 Å². The summed E-state index contributed by atoms with van der Waals surface area (Å²) >= 11 is 3.24. The molecule has 72 valence electrons. The van der Waals surface area contributed by atoms with Crippen LogP contribution in [0, 0.1) is 5.92 Å². The lowest BCUT2D eigenvalue weighted by Gasteiger charge is -2.15. The molecule has 0 spiro atoms. The molecule has 0 radical (unpaired) electrons. The molecule has 0 heterocycles. The smallest absolute Gasteiger partial charge is 0.322 e. The lowest BCUT2D eigenvalue weighted by molar-refractivity contribution is -0.145. The number of rotatable bonds is 4. The van der Waals surface area contributed by atoms with Gasteiger partial charge < -0.3 is 4.74 Å². The molecule has 3 heteroatoms. The zero-order valence-electron chi connectivity index (χ0n) is 8.19. The Bertz CT molecular complexity index is 147. The zero-order valence-corrected chi connectivity index (χ0v) is 9.77. The molecule has 12 heavy (non-hydrogen) atoms. The highest BCUT2D eigenvalue weighted by molar-refractivity contribution is 9.10. The monoisotopic (exact) mass is 236 g/mol. The Labute approximate surface area is 82.8 Å². The summed E-state index contributed by atoms with van der Waals surface area (Å²) in [7, 11) is 0. The standard InChI is InChI=1S/C9H17BrO2/c1-7(2)5-6-12-8(11)9(3,4)10/h7H,5-6H2,1-4H3. The Hall–Kier alpha value is -0.0500. The first-order valence-electron chi connectivity index (χ1n) is 4.20. The van der Waals surface area contributed by atoms with E-state index in [0.717, 1.165) is 6.42 Å². The van der Waals surface area contributed by atoms with E-state index < -0.39 is 4.32 Å². The first-order chi connectivity index (χ1) is 5.34. The van der Waals surface area contributed by atoms with Crippen molar-refractivity contribution in [1.82, 2.24) is 0 Å². The third-order valence-corrected chi connectivity index (χ3v) is 1.74. The number of esters is 1. The highest BCUT2D eigenvalue weighted by Gasteiger charge is 2.25. The first-order valence-corrected chi connectivity index (χ1v) is 4.99. The molecule has 0 bridgehead atoms. The van der Waals surface area contributed by atoms with Gasteiger partial charge >= 0.3 is 5.97 Å². The van der Waals surface area contributed by atoms with Crippen LogP contribution in [0.1, 0.15) is 34.1 Å². The van der Waals surface area contributed by atoms with Crippen LogP contribution in [0.2, 0.25) is 0 Å². The minimum atomic E-state index is -0.552. The van der Waals surface area contributed by atoms with Crippen LogP contribution in [0.25, 0.3) is 0 Å². The number of halogens is 1. The van der Waals surface area contributed by atoms with Crippen LogP contribution in [-0.2, 0) is 9.53 Å². The second kappa shape index (κ2) is 4.85. The van der Waals surface area contributed by atoms with E-state index in [0.29, 0.717) is 12.5 Å². The molecular weight excluding hydrogens is 220 g/mol. The van der Waals surface area contributed by atoms with Gasteiger partial charge in [0.1, 0.15) is 4.32 Å². The maximum Gasteiger partial charge on any atom is 0.322 e. The Morgan fingerprint density at radius 3 is 2.33 bits per heavy atom. The molecule has 0 fully saturated rings. The van der Waals surface area contributed by atoms with E-state index in [9.17, 15) is 4.79 Å². The Balaban J connectivity index is 3.59. The quantitative estimate of drug-likeness (QED) is 0.555. The van der Waals surface area contributed by atoms with E-state index in [2.05, 4.69) is 29.8 Å². The molecule has 0 N–H and O–H groups in total. The van der Waals surface area contributed by atoms with E-state index in [1.165, 1.54) is 0 Å². The van der Waals surface area contributed by atoms with Gasteiger partial charge in [0.25, 0.3) is 0 Å². The molecule has 0 aromatic carbocycles. The molecule has 2 nitrogen and oxygen atoms in total. The normalized spacial score (nSPS) is 11.8. The summed E-state index contributed by atoms with van der Waals surface area (Å²) in [6.07, 6.45) is 0.925. The lowest BCUT2D eigenvalue weighted by Crippen LogP contribution is -2.27. The largest absolute Gasteiger partial charge is 0.465 e. The molecule has 0 aliphatic rings. The third kappa shape index (κ3) is 5.58. The molecule has 0 aliphatic heterocycles. The van der Waals surface area contributed by atoms with Crippen molar-refractivity contribution >= 4 is 21.9 Å². The van der Waals surface area contributed by atoms with E-state index in [1.54, 1.807) is 13.8 Å². The number of carbonyl (C=O) groups excluding carboxylic acids is 1. The van der Waals surface area contributed by atoms with Crippen molar-refractivity contribution in [1.29, 1.82) is 0 Å². The highest BCUT2D eigenvalue weighted by Crippen LogP contribution is 2.17. The second-order valence-corrected chi connectivity index (χ2v) is 5.77. The summed E-state index contributed by atoms with van der Waals surface area (Å²) in [5.41, 5.74) is 0. The van der Waals surface area contributed by atoms with Gasteiger partial charge in [0.05, 0.1) is 6.61 Å². The molecule has 0 saturated heterocycles. The van der Waals surface area contributed by atoms with Crippen LogP contribution in [0.5, 0.6) is 0 Å². The average molecular weight is 237 g/mol. The molecule has 0 saturated carbocycles. The molecule has 0 aliphatic carbocycles. The van der Waals surface area contributed by atoms with Crippen LogP contribution in [0.4, 0.5) is 0 Å². The summed E-state index contributed by atoms with van der Waals surface area (Å²) < 4.78 is 4.48. The summed E-state index contributed by atoms with van der Waals surface area (Å²) in [5, 5.41) is 0. The topological polar surface area (TPSA) is 26.3 Å². The van der Waals surface area contributed by atoms with Crippen molar-refractivity contribution in [2.75, 3.05) is 6.61 Å². The Kier molecular flexibility index (Phi) is 4.83. The second-order valence-electron chi connectivity index (χ2n) is 3.79. The molecular formula is C9H17BrO2. The fourth-order valence-corrected chi connectivity index (χ4v) is 0.673.